The Balaban J connectivity index is 1.97. The standard InChI is InChI=1S/C16H15NO3S/c18-16-10-11-17(15-9-5-4-8-14(15)16)21(19,20)12-13-6-2-1-3-7-13/h1-9H,10-12H2. The molecule has 2 aromatic rings. The van der Waals surface area contributed by atoms with Gasteiger partial charge in [-0.1, -0.05) is 42.5 Å². The maximum atomic E-state index is 12.6. The molecule has 0 amide bonds. The molecule has 0 N–H and O–H groups in total. The smallest absolute Gasteiger partial charge is 0.239 e. The minimum Gasteiger partial charge on any atom is -0.294 e. The largest absolute Gasteiger partial charge is 0.294 e. The highest BCUT2D eigenvalue weighted by atomic mass is 32.2. The lowest BCUT2D eigenvalue weighted by atomic mass is 10.0. The van der Waals surface area contributed by atoms with Gasteiger partial charge in [0, 0.05) is 18.5 Å². The van der Waals surface area contributed by atoms with Gasteiger partial charge in [-0.15, -0.1) is 0 Å². The van der Waals surface area contributed by atoms with Crippen LogP contribution in [-0.4, -0.2) is 20.7 Å². The van der Waals surface area contributed by atoms with E-state index in [1.807, 2.05) is 18.2 Å². The van der Waals surface area contributed by atoms with E-state index in [0.717, 1.165) is 5.56 Å². The van der Waals surface area contributed by atoms with Gasteiger partial charge in [0.1, 0.15) is 0 Å². The number of hydrogen-bond acceptors (Lipinski definition) is 3. The summed E-state index contributed by atoms with van der Waals surface area (Å²) in [6, 6.07) is 15.9. The molecule has 3 rings (SSSR count). The summed E-state index contributed by atoms with van der Waals surface area (Å²) in [6.07, 6.45) is 0.227. The molecule has 1 aliphatic heterocycles. The van der Waals surface area contributed by atoms with Crippen LogP contribution in [0.4, 0.5) is 5.69 Å². The lowest BCUT2D eigenvalue weighted by Crippen LogP contribution is -2.38. The summed E-state index contributed by atoms with van der Waals surface area (Å²) >= 11 is 0. The molecule has 0 saturated heterocycles. The molecule has 4 nitrogen and oxygen atoms in total. The van der Waals surface area contributed by atoms with E-state index in [9.17, 15) is 13.2 Å². The second kappa shape index (κ2) is 5.33. The summed E-state index contributed by atoms with van der Waals surface area (Å²) in [6.45, 7) is 0.213. The number of rotatable bonds is 3. The van der Waals surface area contributed by atoms with Crippen molar-refractivity contribution in [2.24, 2.45) is 0 Å². The Morgan fingerprint density at radius 1 is 0.952 bits per heavy atom. The number of benzene rings is 2. The van der Waals surface area contributed by atoms with Crippen LogP contribution in [0.1, 0.15) is 22.3 Å². The van der Waals surface area contributed by atoms with Crippen molar-refractivity contribution in [2.45, 2.75) is 12.2 Å². The fourth-order valence-corrected chi connectivity index (χ4v) is 4.13. The van der Waals surface area contributed by atoms with Gasteiger partial charge in [-0.25, -0.2) is 8.42 Å². The maximum Gasteiger partial charge on any atom is 0.239 e. The van der Waals surface area contributed by atoms with E-state index in [4.69, 9.17) is 0 Å². The highest BCUT2D eigenvalue weighted by Gasteiger charge is 2.30. The fourth-order valence-electron chi connectivity index (χ4n) is 2.54. The van der Waals surface area contributed by atoms with E-state index >= 15 is 0 Å². The van der Waals surface area contributed by atoms with Gasteiger partial charge < -0.3 is 0 Å². The number of carbonyl (C=O) groups excluding carboxylic acids is 1. The van der Waals surface area contributed by atoms with E-state index in [0.29, 0.717) is 11.3 Å². The van der Waals surface area contributed by atoms with Crippen molar-refractivity contribution in [2.75, 3.05) is 10.8 Å². The Labute approximate surface area is 124 Å². The molecule has 0 fully saturated rings. The van der Waals surface area contributed by atoms with Crippen LogP contribution >= 0.6 is 0 Å². The summed E-state index contributed by atoms with van der Waals surface area (Å²) < 4.78 is 26.6. The van der Waals surface area contributed by atoms with E-state index < -0.39 is 10.0 Å². The van der Waals surface area contributed by atoms with Gasteiger partial charge in [0.05, 0.1) is 11.4 Å². The number of anilines is 1. The van der Waals surface area contributed by atoms with Crippen molar-refractivity contribution in [1.82, 2.24) is 0 Å². The van der Waals surface area contributed by atoms with Gasteiger partial charge in [-0.3, -0.25) is 9.10 Å². The van der Waals surface area contributed by atoms with E-state index in [-0.39, 0.29) is 24.5 Å². The van der Waals surface area contributed by atoms with E-state index in [1.54, 1.807) is 36.4 Å². The quantitative estimate of drug-likeness (QED) is 0.875. The minimum absolute atomic E-state index is 0.00300. The van der Waals surface area contributed by atoms with E-state index in [1.165, 1.54) is 4.31 Å². The second-order valence-electron chi connectivity index (χ2n) is 5.00. The van der Waals surface area contributed by atoms with Crippen LogP contribution in [0.3, 0.4) is 0 Å². The van der Waals surface area contributed by atoms with Gasteiger partial charge in [0.25, 0.3) is 0 Å². The molecule has 21 heavy (non-hydrogen) atoms. The summed E-state index contributed by atoms with van der Waals surface area (Å²) in [4.78, 5) is 11.9. The Bertz CT molecular complexity index is 769. The molecule has 0 spiro atoms. The van der Waals surface area contributed by atoms with Crippen LogP contribution in [0.5, 0.6) is 0 Å². The number of sulfonamides is 1. The van der Waals surface area contributed by atoms with Crippen molar-refractivity contribution in [3.8, 4) is 0 Å². The highest BCUT2D eigenvalue weighted by molar-refractivity contribution is 7.92. The summed E-state index contributed by atoms with van der Waals surface area (Å²) in [7, 11) is -3.49. The van der Waals surface area contributed by atoms with Crippen molar-refractivity contribution < 1.29 is 13.2 Å². The molecule has 0 aliphatic carbocycles. The van der Waals surface area contributed by atoms with Crippen LogP contribution in [0.2, 0.25) is 0 Å². The number of para-hydroxylation sites is 1. The van der Waals surface area contributed by atoms with Gasteiger partial charge in [0.15, 0.2) is 5.78 Å². The maximum absolute atomic E-state index is 12.6. The first kappa shape index (κ1) is 13.8. The molecule has 5 heteroatoms. The predicted octanol–water partition coefficient (Wildman–Crippen LogP) is 2.61. The third-order valence-corrected chi connectivity index (χ3v) is 5.29. The topological polar surface area (TPSA) is 54.5 Å². The number of nitrogens with zero attached hydrogens (tertiary/aromatic N) is 1. The minimum atomic E-state index is -3.49. The summed E-state index contributed by atoms with van der Waals surface area (Å²) in [5, 5.41) is 0. The first-order chi connectivity index (χ1) is 10.1. The average molecular weight is 301 g/mol. The molecule has 0 unspecified atom stereocenters. The SMILES string of the molecule is O=C1CCN(S(=O)(=O)Cc2ccccc2)c2ccccc21. The second-order valence-corrected chi connectivity index (χ2v) is 6.90. The molecule has 2 aromatic carbocycles. The third-order valence-electron chi connectivity index (χ3n) is 3.54. The highest BCUT2D eigenvalue weighted by Crippen LogP contribution is 2.30. The first-order valence-electron chi connectivity index (χ1n) is 6.74. The number of fused-ring (bicyclic) bond motifs is 1. The lowest BCUT2D eigenvalue weighted by Gasteiger charge is -2.29. The molecule has 0 saturated carbocycles. The Morgan fingerprint density at radius 2 is 1.62 bits per heavy atom. The van der Waals surface area contributed by atoms with Crippen molar-refractivity contribution in [1.29, 1.82) is 0 Å². The number of hydrogen-bond donors (Lipinski definition) is 0. The van der Waals surface area contributed by atoms with Gasteiger partial charge in [0.2, 0.25) is 10.0 Å². The predicted molar refractivity (Wildman–Crippen MR) is 81.8 cm³/mol. The van der Waals surface area contributed by atoms with Crippen molar-refractivity contribution in [3.63, 3.8) is 0 Å². The lowest BCUT2D eigenvalue weighted by molar-refractivity contribution is 0.0982. The molecule has 0 atom stereocenters. The Morgan fingerprint density at radius 3 is 2.38 bits per heavy atom. The zero-order chi connectivity index (χ0) is 14.9. The number of ketones is 1. The molecule has 0 bridgehead atoms. The van der Waals surface area contributed by atoms with Crippen molar-refractivity contribution >= 4 is 21.5 Å². The Hall–Kier alpha value is -2.14. The summed E-state index contributed by atoms with van der Waals surface area (Å²) in [5.74, 6) is -0.0622. The van der Waals surface area contributed by atoms with Crippen LogP contribution in [-0.2, 0) is 15.8 Å². The number of carbonyl (C=O) groups is 1. The zero-order valence-electron chi connectivity index (χ0n) is 11.4. The van der Waals surface area contributed by atoms with Crippen LogP contribution in [0.15, 0.2) is 54.6 Å². The molecular weight excluding hydrogens is 286 g/mol. The number of Topliss-reactive ketones (excluding diaryl/α,β-unsaturated/α-hetero) is 1. The van der Waals surface area contributed by atoms with E-state index in [2.05, 4.69) is 0 Å². The molecule has 0 aromatic heterocycles. The van der Waals surface area contributed by atoms with Gasteiger partial charge in [-0.2, -0.15) is 0 Å². The monoisotopic (exact) mass is 301 g/mol. The third kappa shape index (κ3) is 2.69. The zero-order valence-corrected chi connectivity index (χ0v) is 12.2. The van der Waals surface area contributed by atoms with Gasteiger partial charge >= 0.3 is 0 Å². The first-order valence-corrected chi connectivity index (χ1v) is 8.35. The average Bonchev–Trinajstić information content (AvgIpc) is 2.48. The van der Waals surface area contributed by atoms with Crippen LogP contribution in [0.25, 0.3) is 0 Å². The molecule has 1 aliphatic rings. The van der Waals surface area contributed by atoms with Gasteiger partial charge in [-0.05, 0) is 17.7 Å². The van der Waals surface area contributed by atoms with Crippen molar-refractivity contribution in [3.05, 3.63) is 65.7 Å². The molecular formula is C16H15NO3S. The van der Waals surface area contributed by atoms with Crippen LogP contribution < -0.4 is 4.31 Å². The normalized spacial score (nSPS) is 14.9. The fraction of sp³-hybridized carbons (Fsp3) is 0.188. The molecule has 108 valence electrons. The molecule has 0 radical (unpaired) electrons. The van der Waals surface area contributed by atoms with Crippen LogP contribution in [0, 0.1) is 0 Å². The summed E-state index contributed by atoms with van der Waals surface area (Å²) in [5.41, 5.74) is 1.72. The molecule has 1 heterocycles. The Kier molecular flexibility index (Phi) is 3.51.